The molecule has 20 heavy (non-hydrogen) atoms. The van der Waals surface area contributed by atoms with Crippen LogP contribution in [-0.2, 0) is 6.42 Å². The Kier molecular flexibility index (Phi) is 8.29. The number of allylic oxidation sites excluding steroid dienone is 1. The summed E-state index contributed by atoms with van der Waals surface area (Å²) in [6.07, 6.45) is 7.36. The Morgan fingerprint density at radius 1 is 1.20 bits per heavy atom. The summed E-state index contributed by atoms with van der Waals surface area (Å²) in [5, 5.41) is 0. The van der Waals surface area contributed by atoms with E-state index < -0.39 is 0 Å². The Morgan fingerprint density at radius 2 is 1.90 bits per heavy atom. The Balaban J connectivity index is 2.20. The first-order valence-electron chi connectivity index (χ1n) is 7.96. The van der Waals surface area contributed by atoms with Crippen LogP contribution in [0.5, 0.6) is 0 Å². The van der Waals surface area contributed by atoms with E-state index in [0.29, 0.717) is 0 Å². The van der Waals surface area contributed by atoms with Crippen molar-refractivity contribution in [1.29, 1.82) is 0 Å². The Bertz CT molecular complexity index is 378. The zero-order chi connectivity index (χ0) is 14.8. The van der Waals surface area contributed by atoms with Gasteiger partial charge in [0, 0.05) is 6.54 Å². The minimum atomic E-state index is 0.826. The van der Waals surface area contributed by atoms with Gasteiger partial charge in [0.2, 0.25) is 0 Å². The van der Waals surface area contributed by atoms with Crippen LogP contribution in [0.15, 0.2) is 42.0 Å². The first-order valence-corrected chi connectivity index (χ1v) is 7.96. The van der Waals surface area contributed by atoms with Crippen molar-refractivity contribution in [3.05, 3.63) is 47.5 Å². The number of hydrogen-bond acceptors (Lipinski definition) is 1. The minimum Gasteiger partial charge on any atom is -0.303 e. The zero-order valence-corrected chi connectivity index (χ0v) is 13.7. The molecule has 0 atom stereocenters. The number of rotatable bonds is 9. The van der Waals surface area contributed by atoms with Crippen LogP contribution in [0.2, 0.25) is 0 Å². The second-order valence-electron chi connectivity index (χ2n) is 6.33. The predicted molar refractivity (Wildman–Crippen MR) is 90.1 cm³/mol. The third kappa shape index (κ3) is 8.16. The molecule has 0 aliphatic carbocycles. The third-order valence-corrected chi connectivity index (χ3v) is 3.72. The van der Waals surface area contributed by atoms with Gasteiger partial charge in [0.05, 0.1) is 0 Å². The topological polar surface area (TPSA) is 3.24 Å². The monoisotopic (exact) mass is 273 g/mol. The van der Waals surface area contributed by atoms with Crippen LogP contribution in [0, 0.1) is 5.92 Å². The number of hydrogen-bond donors (Lipinski definition) is 0. The molecule has 0 amide bonds. The van der Waals surface area contributed by atoms with E-state index in [4.69, 9.17) is 0 Å². The molecule has 0 saturated heterocycles. The summed E-state index contributed by atoms with van der Waals surface area (Å²) in [5.74, 6) is 0.826. The van der Waals surface area contributed by atoms with Gasteiger partial charge in [-0.15, -0.1) is 0 Å². The van der Waals surface area contributed by atoms with Crippen molar-refractivity contribution < 1.29 is 0 Å². The van der Waals surface area contributed by atoms with Crippen molar-refractivity contribution in [3.8, 4) is 0 Å². The molecule has 1 aromatic carbocycles. The van der Waals surface area contributed by atoms with E-state index in [1.165, 1.54) is 36.9 Å². The normalized spacial score (nSPS) is 12.4. The molecule has 0 aliphatic heterocycles. The van der Waals surface area contributed by atoms with Crippen LogP contribution < -0.4 is 0 Å². The molecule has 0 aromatic heterocycles. The van der Waals surface area contributed by atoms with Crippen molar-refractivity contribution in [2.45, 2.75) is 46.5 Å². The maximum absolute atomic E-state index is 2.42. The maximum atomic E-state index is 2.42. The second-order valence-corrected chi connectivity index (χ2v) is 6.33. The summed E-state index contributed by atoms with van der Waals surface area (Å²) in [5.41, 5.74) is 2.94. The van der Waals surface area contributed by atoms with Crippen molar-refractivity contribution in [1.82, 2.24) is 4.90 Å². The van der Waals surface area contributed by atoms with E-state index in [2.05, 4.69) is 69.1 Å². The molecule has 0 unspecified atom stereocenters. The molecule has 0 bridgehead atoms. The van der Waals surface area contributed by atoms with E-state index in [0.717, 1.165) is 18.9 Å². The van der Waals surface area contributed by atoms with E-state index in [-0.39, 0.29) is 0 Å². The summed E-state index contributed by atoms with van der Waals surface area (Å²) in [6, 6.07) is 10.8. The molecule has 0 heterocycles. The zero-order valence-electron chi connectivity index (χ0n) is 13.7. The fraction of sp³-hybridized carbons (Fsp3) is 0.579. The number of aryl methyl sites for hydroxylation is 1. The van der Waals surface area contributed by atoms with E-state index in [1.54, 1.807) is 0 Å². The molecule has 1 heteroatoms. The van der Waals surface area contributed by atoms with Gasteiger partial charge in [0.15, 0.2) is 0 Å². The highest BCUT2D eigenvalue weighted by atomic mass is 15.1. The molecule has 112 valence electrons. The largest absolute Gasteiger partial charge is 0.303 e. The van der Waals surface area contributed by atoms with Crippen molar-refractivity contribution in [2.24, 2.45) is 5.92 Å². The molecule has 1 nitrogen and oxygen atoms in total. The summed E-state index contributed by atoms with van der Waals surface area (Å²) in [7, 11) is 2.22. The number of nitrogens with zero attached hydrogens (tertiary/aromatic N) is 1. The van der Waals surface area contributed by atoms with E-state index in [9.17, 15) is 0 Å². The Hall–Kier alpha value is -1.08. The van der Waals surface area contributed by atoms with Gasteiger partial charge in [-0.2, -0.15) is 0 Å². The third-order valence-electron chi connectivity index (χ3n) is 3.72. The SMILES string of the molecule is C/C(=C\CN(C)CCCC(C)C)CCc1ccccc1. The minimum absolute atomic E-state index is 0.826. The van der Waals surface area contributed by atoms with Crippen molar-refractivity contribution in [2.75, 3.05) is 20.1 Å². The summed E-state index contributed by atoms with van der Waals surface area (Å²) < 4.78 is 0. The summed E-state index contributed by atoms with van der Waals surface area (Å²) in [6.45, 7) is 9.14. The van der Waals surface area contributed by atoms with Crippen LogP contribution in [-0.4, -0.2) is 25.0 Å². The lowest BCUT2D eigenvalue weighted by molar-refractivity contribution is 0.347. The van der Waals surface area contributed by atoms with Crippen molar-refractivity contribution >= 4 is 0 Å². The molecule has 0 saturated carbocycles. The fourth-order valence-electron chi connectivity index (χ4n) is 2.26. The molecule has 0 spiro atoms. The number of likely N-dealkylation sites (N-methyl/N-ethyl adjacent to an activating group) is 1. The van der Waals surface area contributed by atoms with Gasteiger partial charge in [-0.1, -0.05) is 55.8 Å². The van der Waals surface area contributed by atoms with E-state index >= 15 is 0 Å². The molecule has 0 aliphatic rings. The molecule has 0 radical (unpaired) electrons. The van der Waals surface area contributed by atoms with E-state index in [1.807, 2.05) is 0 Å². The van der Waals surface area contributed by atoms with Crippen LogP contribution in [0.3, 0.4) is 0 Å². The molecule has 1 aromatic rings. The second kappa shape index (κ2) is 9.77. The quantitative estimate of drug-likeness (QED) is 0.576. The fourth-order valence-corrected chi connectivity index (χ4v) is 2.26. The molecular formula is C19H31N. The lowest BCUT2D eigenvalue weighted by Gasteiger charge is -2.15. The number of benzene rings is 1. The predicted octanol–water partition coefficient (Wildman–Crippen LogP) is 4.93. The highest BCUT2D eigenvalue weighted by Gasteiger charge is 1.99. The van der Waals surface area contributed by atoms with Crippen LogP contribution >= 0.6 is 0 Å². The van der Waals surface area contributed by atoms with Crippen LogP contribution in [0.1, 0.15) is 45.6 Å². The first-order chi connectivity index (χ1) is 9.58. The van der Waals surface area contributed by atoms with Gasteiger partial charge in [-0.25, -0.2) is 0 Å². The van der Waals surface area contributed by atoms with Crippen molar-refractivity contribution in [3.63, 3.8) is 0 Å². The Labute approximate surface area is 125 Å². The first kappa shape index (κ1) is 17.0. The van der Waals surface area contributed by atoms with Gasteiger partial charge in [-0.05, 0) is 57.7 Å². The standard InChI is InChI=1S/C19H31N/c1-17(2)9-8-15-20(4)16-14-18(3)12-13-19-10-6-5-7-11-19/h5-7,10-11,14,17H,8-9,12-13,15-16H2,1-4H3/b18-14+. The lowest BCUT2D eigenvalue weighted by Crippen LogP contribution is -2.20. The summed E-state index contributed by atoms with van der Waals surface area (Å²) >= 11 is 0. The lowest BCUT2D eigenvalue weighted by atomic mass is 10.1. The van der Waals surface area contributed by atoms with Gasteiger partial charge in [0.1, 0.15) is 0 Å². The van der Waals surface area contributed by atoms with Gasteiger partial charge < -0.3 is 4.90 Å². The molecule has 0 N–H and O–H groups in total. The molecule has 1 rings (SSSR count). The average Bonchev–Trinajstić information content (AvgIpc) is 2.43. The Morgan fingerprint density at radius 3 is 2.55 bits per heavy atom. The smallest absolute Gasteiger partial charge is 0.0162 e. The highest BCUT2D eigenvalue weighted by molar-refractivity contribution is 5.16. The average molecular weight is 273 g/mol. The summed E-state index contributed by atoms with van der Waals surface area (Å²) in [4.78, 5) is 2.42. The molecule has 0 fully saturated rings. The molecular weight excluding hydrogens is 242 g/mol. The van der Waals surface area contributed by atoms with Gasteiger partial charge in [0.25, 0.3) is 0 Å². The van der Waals surface area contributed by atoms with Crippen LogP contribution in [0.25, 0.3) is 0 Å². The van der Waals surface area contributed by atoms with Gasteiger partial charge >= 0.3 is 0 Å². The highest BCUT2D eigenvalue weighted by Crippen LogP contribution is 2.09. The maximum Gasteiger partial charge on any atom is 0.0162 e. The van der Waals surface area contributed by atoms with Crippen LogP contribution in [0.4, 0.5) is 0 Å². The van der Waals surface area contributed by atoms with Gasteiger partial charge in [-0.3, -0.25) is 0 Å².